The van der Waals surface area contributed by atoms with Crippen LogP contribution in [0.3, 0.4) is 0 Å². The Labute approximate surface area is 200 Å². The minimum atomic E-state index is -0.505. The van der Waals surface area contributed by atoms with Crippen LogP contribution in [0.25, 0.3) is 11.1 Å². The number of rotatable bonds is 9. The zero-order chi connectivity index (χ0) is 23.8. The first-order chi connectivity index (χ1) is 16.6. The van der Waals surface area contributed by atoms with Gasteiger partial charge < -0.3 is 15.0 Å². The number of hydrogen-bond acceptors (Lipinski definition) is 5. The van der Waals surface area contributed by atoms with Crippen LogP contribution in [0.1, 0.15) is 23.2 Å². The molecule has 0 unspecified atom stereocenters. The molecule has 1 N–H and O–H groups in total. The molecule has 2 aromatic carbocycles. The summed E-state index contributed by atoms with van der Waals surface area (Å²) in [6.45, 7) is 5.72. The number of hydrogen-bond donors (Lipinski definition) is 1. The average molecular weight is 462 g/mol. The highest BCUT2D eigenvalue weighted by atomic mass is 18.2. The van der Waals surface area contributed by atoms with E-state index < -0.39 is 5.95 Å². The third-order valence-electron chi connectivity index (χ3n) is 6.19. The maximum atomic E-state index is 13.0. The molecule has 0 saturated carbocycles. The third kappa shape index (κ3) is 6.11. The largest absolute Gasteiger partial charge is 0.495 e. The maximum absolute atomic E-state index is 13.0. The number of para-hydroxylation sites is 2. The van der Waals surface area contributed by atoms with Crippen molar-refractivity contribution in [1.82, 2.24) is 15.2 Å². The van der Waals surface area contributed by atoms with Crippen LogP contribution in [0, 0.1) is 5.95 Å². The van der Waals surface area contributed by atoms with Crippen molar-refractivity contribution < 1.29 is 13.9 Å². The Hall–Kier alpha value is -3.45. The van der Waals surface area contributed by atoms with Crippen molar-refractivity contribution in [3.8, 4) is 16.9 Å². The normalized spacial score (nSPS) is 14.1. The topological polar surface area (TPSA) is 57.7 Å². The summed E-state index contributed by atoms with van der Waals surface area (Å²) < 4.78 is 18.5. The number of piperazine rings is 1. The third-order valence-corrected chi connectivity index (χ3v) is 6.19. The molecular weight excluding hydrogens is 430 g/mol. The van der Waals surface area contributed by atoms with Gasteiger partial charge in [-0.15, -0.1) is 0 Å². The van der Waals surface area contributed by atoms with E-state index >= 15 is 0 Å². The van der Waals surface area contributed by atoms with E-state index in [9.17, 15) is 9.18 Å². The molecular formula is C27H31FN4O2. The lowest BCUT2D eigenvalue weighted by atomic mass is 10.1. The predicted octanol–water partition coefficient (Wildman–Crippen LogP) is 4.23. The zero-order valence-electron chi connectivity index (χ0n) is 19.5. The molecule has 178 valence electrons. The number of carbonyl (C=O) groups excluding carboxylic acids is 1. The van der Waals surface area contributed by atoms with Gasteiger partial charge in [-0.05, 0) is 61.3 Å². The fourth-order valence-corrected chi connectivity index (χ4v) is 4.23. The highest BCUT2D eigenvalue weighted by Crippen LogP contribution is 2.28. The Balaban J connectivity index is 1.14. The van der Waals surface area contributed by atoms with Crippen LogP contribution >= 0.6 is 0 Å². The summed E-state index contributed by atoms with van der Waals surface area (Å²) >= 11 is 0. The molecule has 1 aliphatic heterocycles. The smallest absolute Gasteiger partial charge is 0.251 e. The van der Waals surface area contributed by atoms with Crippen molar-refractivity contribution >= 4 is 11.6 Å². The molecule has 1 amide bonds. The number of carbonyl (C=O) groups is 1. The molecule has 1 fully saturated rings. The minimum Gasteiger partial charge on any atom is -0.495 e. The van der Waals surface area contributed by atoms with E-state index in [1.54, 1.807) is 25.3 Å². The molecule has 0 spiro atoms. The summed E-state index contributed by atoms with van der Waals surface area (Å²) in [5.41, 5.74) is 3.49. The van der Waals surface area contributed by atoms with Crippen molar-refractivity contribution in [2.75, 3.05) is 51.3 Å². The van der Waals surface area contributed by atoms with Crippen LogP contribution in [0.5, 0.6) is 5.75 Å². The number of aromatic nitrogens is 1. The number of halogens is 1. The van der Waals surface area contributed by atoms with Gasteiger partial charge in [-0.3, -0.25) is 9.69 Å². The second-order valence-electron chi connectivity index (χ2n) is 8.41. The summed E-state index contributed by atoms with van der Waals surface area (Å²) in [4.78, 5) is 21.0. The SMILES string of the molecule is COc1ccccc1N1CCN(CCCCNC(=O)c2ccc(-c3ccc([18F])nc3)cc2)CC1. The van der Waals surface area contributed by atoms with Gasteiger partial charge in [-0.1, -0.05) is 24.3 Å². The first-order valence-corrected chi connectivity index (χ1v) is 11.7. The Morgan fingerprint density at radius 3 is 2.41 bits per heavy atom. The fourth-order valence-electron chi connectivity index (χ4n) is 4.23. The molecule has 34 heavy (non-hydrogen) atoms. The van der Waals surface area contributed by atoms with Crippen LogP contribution in [0.15, 0.2) is 66.9 Å². The number of ether oxygens (including phenoxy) is 1. The van der Waals surface area contributed by atoms with Crippen LogP contribution in [0.4, 0.5) is 10.1 Å². The van der Waals surface area contributed by atoms with Gasteiger partial charge in [0.2, 0.25) is 5.95 Å². The highest BCUT2D eigenvalue weighted by molar-refractivity contribution is 5.94. The van der Waals surface area contributed by atoms with E-state index in [-0.39, 0.29) is 5.91 Å². The predicted molar refractivity (Wildman–Crippen MR) is 133 cm³/mol. The number of methoxy groups -OCH3 is 1. The quantitative estimate of drug-likeness (QED) is 0.382. The van der Waals surface area contributed by atoms with Crippen LogP contribution in [-0.2, 0) is 0 Å². The Bertz CT molecular complexity index is 1060. The molecule has 0 bridgehead atoms. The van der Waals surface area contributed by atoms with Crippen LogP contribution in [-0.4, -0.2) is 62.2 Å². The van der Waals surface area contributed by atoms with Gasteiger partial charge in [-0.25, -0.2) is 4.98 Å². The summed E-state index contributed by atoms with van der Waals surface area (Å²) in [7, 11) is 1.72. The number of nitrogens with one attached hydrogen (secondary N) is 1. The number of pyridine rings is 1. The molecule has 1 saturated heterocycles. The number of amides is 1. The van der Waals surface area contributed by atoms with E-state index in [0.29, 0.717) is 12.1 Å². The lowest BCUT2D eigenvalue weighted by Crippen LogP contribution is -2.46. The van der Waals surface area contributed by atoms with Gasteiger partial charge in [0.05, 0.1) is 12.8 Å². The van der Waals surface area contributed by atoms with Crippen molar-refractivity contribution in [2.45, 2.75) is 12.8 Å². The van der Waals surface area contributed by atoms with Crippen molar-refractivity contribution in [1.29, 1.82) is 0 Å². The Morgan fingerprint density at radius 2 is 1.71 bits per heavy atom. The lowest BCUT2D eigenvalue weighted by Gasteiger charge is -2.36. The summed E-state index contributed by atoms with van der Waals surface area (Å²) in [6, 6.07) is 18.5. The molecule has 1 aliphatic rings. The summed E-state index contributed by atoms with van der Waals surface area (Å²) in [5.74, 6) is 0.345. The minimum absolute atomic E-state index is 0.0748. The van der Waals surface area contributed by atoms with Crippen molar-refractivity contribution in [3.63, 3.8) is 0 Å². The number of anilines is 1. The molecule has 0 atom stereocenters. The standard InChI is InChI=1S/C27H31FN4O2/c1-34-25-7-3-2-6-24(25)32-18-16-31(17-19-32)15-5-4-14-29-27(33)22-10-8-21(9-11-22)23-12-13-26(28)30-20-23/h2-3,6-13,20H,4-5,14-19H2,1H3,(H,29,33)/i28-1. The van der Waals surface area contributed by atoms with E-state index in [0.717, 1.165) is 68.1 Å². The number of unbranched alkanes of at least 4 members (excludes halogenated alkanes) is 1. The first-order valence-electron chi connectivity index (χ1n) is 11.7. The van der Waals surface area contributed by atoms with E-state index in [4.69, 9.17) is 4.74 Å². The maximum Gasteiger partial charge on any atom is 0.251 e. The zero-order valence-corrected chi connectivity index (χ0v) is 19.5. The van der Waals surface area contributed by atoms with Crippen LogP contribution in [0.2, 0.25) is 0 Å². The lowest BCUT2D eigenvalue weighted by molar-refractivity contribution is 0.0952. The van der Waals surface area contributed by atoms with E-state index in [1.165, 1.54) is 12.3 Å². The van der Waals surface area contributed by atoms with Gasteiger partial charge in [0.25, 0.3) is 5.91 Å². The van der Waals surface area contributed by atoms with Gasteiger partial charge in [0, 0.05) is 50.0 Å². The molecule has 1 aromatic heterocycles. The monoisotopic (exact) mass is 461 g/mol. The van der Waals surface area contributed by atoms with Gasteiger partial charge in [0.1, 0.15) is 5.75 Å². The molecule has 4 rings (SSSR count). The highest BCUT2D eigenvalue weighted by Gasteiger charge is 2.19. The first kappa shape index (κ1) is 23.7. The van der Waals surface area contributed by atoms with Crippen molar-refractivity contribution in [2.24, 2.45) is 0 Å². The van der Waals surface area contributed by atoms with Crippen molar-refractivity contribution in [3.05, 3.63) is 78.4 Å². The van der Waals surface area contributed by atoms with Gasteiger partial charge >= 0.3 is 0 Å². The second kappa shape index (κ2) is 11.6. The average Bonchev–Trinajstić information content (AvgIpc) is 2.89. The summed E-state index contributed by atoms with van der Waals surface area (Å²) in [5, 5.41) is 3.00. The molecule has 7 heteroatoms. The van der Waals surface area contributed by atoms with E-state index in [2.05, 4.69) is 32.2 Å². The van der Waals surface area contributed by atoms with Crippen LogP contribution < -0.4 is 15.0 Å². The Kier molecular flexibility index (Phi) is 8.09. The number of benzene rings is 2. The second-order valence-corrected chi connectivity index (χ2v) is 8.41. The fraction of sp³-hybridized carbons (Fsp3) is 0.333. The molecule has 3 aromatic rings. The molecule has 2 heterocycles. The summed E-state index contributed by atoms with van der Waals surface area (Å²) in [6.07, 6.45) is 3.48. The number of nitrogens with zero attached hydrogens (tertiary/aromatic N) is 3. The molecule has 0 aliphatic carbocycles. The van der Waals surface area contributed by atoms with Gasteiger partial charge in [-0.2, -0.15) is 4.39 Å². The van der Waals surface area contributed by atoms with E-state index in [1.807, 2.05) is 24.3 Å². The molecule has 6 nitrogen and oxygen atoms in total. The Morgan fingerprint density at radius 1 is 0.971 bits per heavy atom. The molecule has 0 radical (unpaired) electrons. The van der Waals surface area contributed by atoms with Gasteiger partial charge in [0.15, 0.2) is 0 Å².